The molecule has 3 N–H and O–H groups in total. The molecule has 2 amide bonds. The molecule has 86 valence electrons. The van der Waals surface area contributed by atoms with Gasteiger partial charge in [0.15, 0.2) is 0 Å². The first-order valence-electron chi connectivity index (χ1n) is 5.08. The zero-order chi connectivity index (χ0) is 11.3. The number of hydrogen-bond acceptors (Lipinski definition) is 4. The van der Waals surface area contributed by atoms with Gasteiger partial charge in [-0.15, -0.1) is 0 Å². The van der Waals surface area contributed by atoms with E-state index in [9.17, 15) is 9.59 Å². The van der Waals surface area contributed by atoms with E-state index in [1.54, 1.807) is 0 Å². The highest BCUT2D eigenvalue weighted by Crippen LogP contribution is 1.96. The van der Waals surface area contributed by atoms with Crippen molar-refractivity contribution in [2.24, 2.45) is 0 Å². The fourth-order valence-corrected chi connectivity index (χ4v) is 1.40. The zero-order valence-corrected chi connectivity index (χ0v) is 9.00. The molecule has 0 aromatic rings. The van der Waals surface area contributed by atoms with Crippen LogP contribution in [-0.4, -0.2) is 37.0 Å². The lowest BCUT2D eigenvalue weighted by molar-refractivity contribution is -0.128. The number of amides is 2. The van der Waals surface area contributed by atoms with Crippen LogP contribution in [0.25, 0.3) is 0 Å². The molecule has 1 aliphatic rings. The van der Waals surface area contributed by atoms with Crippen LogP contribution in [0.5, 0.6) is 0 Å². The van der Waals surface area contributed by atoms with E-state index in [0.29, 0.717) is 6.42 Å². The molecule has 0 aromatic heterocycles. The van der Waals surface area contributed by atoms with Gasteiger partial charge >= 0.3 is 0 Å². The Kier molecular flexibility index (Phi) is 4.51. The molecule has 0 spiro atoms. The molecule has 0 aromatic carbocycles. The Bertz CT molecular complexity index is 245. The van der Waals surface area contributed by atoms with Crippen LogP contribution in [0, 0.1) is 0 Å². The lowest BCUT2D eigenvalue weighted by atomic mass is 10.2. The van der Waals surface area contributed by atoms with E-state index >= 15 is 0 Å². The smallest absolute Gasteiger partial charge is 0.268 e. The number of hydroxylamine groups is 1. The second-order valence-corrected chi connectivity index (χ2v) is 3.56. The molecule has 1 saturated heterocycles. The summed E-state index contributed by atoms with van der Waals surface area (Å²) in [6.07, 6.45) is 0.359. The first-order chi connectivity index (χ1) is 7.13. The van der Waals surface area contributed by atoms with Crippen molar-refractivity contribution in [3.8, 4) is 0 Å². The van der Waals surface area contributed by atoms with Crippen LogP contribution < -0.4 is 16.1 Å². The molecule has 0 aliphatic carbocycles. The number of hydrogen-bond donors (Lipinski definition) is 3. The summed E-state index contributed by atoms with van der Waals surface area (Å²) in [4.78, 5) is 27.2. The third-order valence-electron chi connectivity index (χ3n) is 2.12. The standard InChI is InChI=1S/C9H17N3O3/c1-3-10-6(2)4-8(13)11-7-5-15-12-9(7)14/h6-7,10H,3-5H2,1-2H3,(H,11,13)(H,12,14)/t6?,7-/m1/s1. The number of nitrogens with one attached hydrogen (secondary N) is 3. The monoisotopic (exact) mass is 215 g/mol. The van der Waals surface area contributed by atoms with E-state index in [1.807, 2.05) is 13.8 Å². The van der Waals surface area contributed by atoms with Crippen molar-refractivity contribution in [3.63, 3.8) is 0 Å². The topological polar surface area (TPSA) is 79.5 Å². The Morgan fingerprint density at radius 1 is 1.73 bits per heavy atom. The summed E-state index contributed by atoms with van der Waals surface area (Å²) in [5.41, 5.74) is 2.18. The van der Waals surface area contributed by atoms with Crippen molar-refractivity contribution in [1.29, 1.82) is 0 Å². The molecule has 1 unspecified atom stereocenters. The molecule has 6 nitrogen and oxygen atoms in total. The van der Waals surface area contributed by atoms with Gasteiger partial charge in [0.05, 0.1) is 0 Å². The van der Waals surface area contributed by atoms with Gasteiger partial charge in [0, 0.05) is 12.5 Å². The maximum Gasteiger partial charge on any atom is 0.268 e. The van der Waals surface area contributed by atoms with Crippen LogP contribution in [-0.2, 0) is 14.4 Å². The minimum atomic E-state index is -0.550. The van der Waals surface area contributed by atoms with Crippen molar-refractivity contribution < 1.29 is 14.4 Å². The van der Waals surface area contributed by atoms with Crippen molar-refractivity contribution in [2.45, 2.75) is 32.4 Å². The maximum atomic E-state index is 11.4. The van der Waals surface area contributed by atoms with E-state index in [2.05, 4.69) is 16.1 Å². The molecule has 1 fully saturated rings. The third-order valence-corrected chi connectivity index (χ3v) is 2.12. The zero-order valence-electron chi connectivity index (χ0n) is 9.00. The van der Waals surface area contributed by atoms with Crippen LogP contribution in [0.4, 0.5) is 0 Å². The third kappa shape index (κ3) is 3.85. The first-order valence-corrected chi connectivity index (χ1v) is 5.08. The Balaban J connectivity index is 2.26. The van der Waals surface area contributed by atoms with Crippen LogP contribution in [0.1, 0.15) is 20.3 Å². The molecular formula is C9H17N3O3. The molecule has 2 atom stereocenters. The Morgan fingerprint density at radius 3 is 3.00 bits per heavy atom. The summed E-state index contributed by atoms with van der Waals surface area (Å²) >= 11 is 0. The van der Waals surface area contributed by atoms with Gasteiger partial charge in [0.2, 0.25) is 5.91 Å². The highest BCUT2D eigenvalue weighted by Gasteiger charge is 2.27. The highest BCUT2D eigenvalue weighted by molar-refractivity contribution is 5.88. The van der Waals surface area contributed by atoms with Crippen LogP contribution in [0.15, 0.2) is 0 Å². The Labute approximate surface area is 88.7 Å². The van der Waals surface area contributed by atoms with Gasteiger partial charge < -0.3 is 10.6 Å². The van der Waals surface area contributed by atoms with Crippen molar-refractivity contribution in [1.82, 2.24) is 16.1 Å². The molecule has 6 heteroatoms. The van der Waals surface area contributed by atoms with Crippen molar-refractivity contribution in [3.05, 3.63) is 0 Å². The summed E-state index contributed by atoms with van der Waals surface area (Å²) in [7, 11) is 0. The van der Waals surface area contributed by atoms with E-state index < -0.39 is 6.04 Å². The molecule has 1 aliphatic heterocycles. The summed E-state index contributed by atoms with van der Waals surface area (Å²) < 4.78 is 0. The number of rotatable bonds is 5. The Morgan fingerprint density at radius 2 is 2.47 bits per heavy atom. The van der Waals surface area contributed by atoms with Crippen molar-refractivity contribution in [2.75, 3.05) is 13.2 Å². The minimum Gasteiger partial charge on any atom is -0.342 e. The van der Waals surface area contributed by atoms with Crippen LogP contribution in [0.2, 0.25) is 0 Å². The maximum absolute atomic E-state index is 11.4. The second-order valence-electron chi connectivity index (χ2n) is 3.56. The van der Waals surface area contributed by atoms with Gasteiger partial charge in [-0.1, -0.05) is 6.92 Å². The van der Waals surface area contributed by atoms with E-state index in [-0.39, 0.29) is 24.5 Å². The molecule has 1 rings (SSSR count). The van der Waals surface area contributed by atoms with Crippen LogP contribution >= 0.6 is 0 Å². The quantitative estimate of drug-likeness (QED) is 0.545. The van der Waals surface area contributed by atoms with Gasteiger partial charge in [-0.25, -0.2) is 5.48 Å². The molecule has 0 bridgehead atoms. The number of carbonyl (C=O) groups excluding carboxylic acids is 2. The predicted molar refractivity (Wildman–Crippen MR) is 53.8 cm³/mol. The molecular weight excluding hydrogens is 198 g/mol. The molecule has 1 heterocycles. The minimum absolute atomic E-state index is 0.111. The average molecular weight is 215 g/mol. The summed E-state index contributed by atoms with van der Waals surface area (Å²) in [5.74, 6) is -0.437. The summed E-state index contributed by atoms with van der Waals surface area (Å²) in [5, 5.41) is 5.72. The van der Waals surface area contributed by atoms with Crippen molar-refractivity contribution >= 4 is 11.8 Å². The van der Waals surface area contributed by atoms with Gasteiger partial charge in [-0.05, 0) is 13.5 Å². The molecule has 0 radical (unpaired) electrons. The van der Waals surface area contributed by atoms with Crippen LogP contribution in [0.3, 0.4) is 0 Å². The lowest BCUT2D eigenvalue weighted by Gasteiger charge is -2.13. The van der Waals surface area contributed by atoms with E-state index in [1.165, 1.54) is 0 Å². The van der Waals surface area contributed by atoms with Gasteiger partial charge in [0.25, 0.3) is 5.91 Å². The predicted octanol–water partition coefficient (Wildman–Crippen LogP) is -1.08. The van der Waals surface area contributed by atoms with E-state index in [4.69, 9.17) is 4.84 Å². The molecule has 15 heavy (non-hydrogen) atoms. The van der Waals surface area contributed by atoms with E-state index in [0.717, 1.165) is 6.54 Å². The normalized spacial score (nSPS) is 22.3. The fraction of sp³-hybridized carbons (Fsp3) is 0.778. The largest absolute Gasteiger partial charge is 0.342 e. The SMILES string of the molecule is CCNC(C)CC(=O)N[C@@H]1CONC1=O. The van der Waals surface area contributed by atoms with Gasteiger partial charge in [0.1, 0.15) is 12.6 Å². The lowest BCUT2D eigenvalue weighted by Crippen LogP contribution is -2.43. The van der Waals surface area contributed by atoms with Gasteiger partial charge in [-0.3, -0.25) is 14.4 Å². The Hall–Kier alpha value is -1.14. The fourth-order valence-electron chi connectivity index (χ4n) is 1.40. The second kappa shape index (κ2) is 5.67. The summed E-state index contributed by atoms with van der Waals surface area (Å²) in [6.45, 7) is 4.92. The summed E-state index contributed by atoms with van der Waals surface area (Å²) in [6, 6.07) is -0.438. The average Bonchev–Trinajstić information content (AvgIpc) is 2.52. The molecule has 0 saturated carbocycles. The first kappa shape index (κ1) is 11.9. The van der Waals surface area contributed by atoms with Gasteiger partial charge in [-0.2, -0.15) is 0 Å². The highest BCUT2D eigenvalue weighted by atomic mass is 16.7. The number of carbonyl (C=O) groups is 2.